The number of carbonyl (C=O) groups excluding carboxylic acids is 1. The van der Waals surface area contributed by atoms with Gasteiger partial charge in [-0.2, -0.15) is 0 Å². The molecule has 0 bridgehead atoms. The lowest BCUT2D eigenvalue weighted by Crippen LogP contribution is -2.37. The van der Waals surface area contributed by atoms with Gasteiger partial charge in [0.05, 0.1) is 6.04 Å². The lowest BCUT2D eigenvalue weighted by Gasteiger charge is -2.24. The smallest absolute Gasteiger partial charge is 0.153 e. The molecule has 3 atom stereocenters. The van der Waals surface area contributed by atoms with Crippen LogP contribution in [0.1, 0.15) is 51.9 Å². The minimum absolute atomic E-state index is 0.122. The molecule has 0 amide bonds. The number of Topliss-reactive ketones (excluding diaryl/α,β-unsaturated/α-hetero) is 1. The molecule has 1 aliphatic carbocycles. The third kappa shape index (κ3) is 2.54. The van der Waals surface area contributed by atoms with Crippen LogP contribution in [0.3, 0.4) is 0 Å². The van der Waals surface area contributed by atoms with E-state index >= 15 is 0 Å². The zero-order chi connectivity index (χ0) is 11.5. The lowest BCUT2D eigenvalue weighted by atomic mass is 9.84. The largest absolute Gasteiger partial charge is 0.304 e. The molecule has 90 valence electrons. The Balaban J connectivity index is 1.87. The van der Waals surface area contributed by atoms with Crippen LogP contribution in [0.4, 0.5) is 0 Å². The van der Waals surface area contributed by atoms with Crippen LogP contribution in [-0.4, -0.2) is 17.9 Å². The van der Waals surface area contributed by atoms with Crippen LogP contribution in [0.15, 0.2) is 12.2 Å². The molecule has 16 heavy (non-hydrogen) atoms. The standard InChI is InChI=1S/C14H23NO/c1-3-10(2)8-14(16)13-9-11-6-4-5-7-12(11)15-13/h11-13,15H,2-9H2,1H3. The molecule has 0 aromatic heterocycles. The first-order chi connectivity index (χ1) is 7.70. The van der Waals surface area contributed by atoms with Crippen molar-refractivity contribution in [2.75, 3.05) is 0 Å². The summed E-state index contributed by atoms with van der Waals surface area (Å²) in [5.41, 5.74) is 1.07. The zero-order valence-electron chi connectivity index (χ0n) is 10.3. The van der Waals surface area contributed by atoms with E-state index in [0.717, 1.165) is 24.3 Å². The fraction of sp³-hybridized carbons (Fsp3) is 0.786. The van der Waals surface area contributed by atoms with E-state index in [9.17, 15) is 4.79 Å². The number of ketones is 1. The monoisotopic (exact) mass is 221 g/mol. The fourth-order valence-corrected chi connectivity index (χ4v) is 3.06. The Hall–Kier alpha value is -0.630. The Labute approximate surface area is 98.5 Å². The van der Waals surface area contributed by atoms with E-state index in [4.69, 9.17) is 0 Å². The second-order valence-corrected chi connectivity index (χ2v) is 5.35. The van der Waals surface area contributed by atoms with Gasteiger partial charge < -0.3 is 5.32 Å². The number of carbonyl (C=O) groups is 1. The second-order valence-electron chi connectivity index (χ2n) is 5.35. The van der Waals surface area contributed by atoms with Crippen LogP contribution >= 0.6 is 0 Å². The van der Waals surface area contributed by atoms with Gasteiger partial charge in [-0.25, -0.2) is 0 Å². The Kier molecular flexibility index (Phi) is 3.80. The summed E-state index contributed by atoms with van der Waals surface area (Å²) >= 11 is 0. The molecule has 1 heterocycles. The first kappa shape index (κ1) is 11.8. The maximum Gasteiger partial charge on any atom is 0.153 e. The second kappa shape index (κ2) is 5.13. The molecule has 3 unspecified atom stereocenters. The van der Waals surface area contributed by atoms with E-state index < -0.39 is 0 Å². The van der Waals surface area contributed by atoms with Crippen LogP contribution in [-0.2, 0) is 4.79 Å². The molecule has 2 heteroatoms. The molecule has 1 saturated carbocycles. The minimum atomic E-state index is 0.122. The average molecular weight is 221 g/mol. The summed E-state index contributed by atoms with van der Waals surface area (Å²) < 4.78 is 0. The van der Waals surface area contributed by atoms with Crippen molar-refractivity contribution in [3.8, 4) is 0 Å². The van der Waals surface area contributed by atoms with Gasteiger partial charge in [0.2, 0.25) is 0 Å². The summed E-state index contributed by atoms with van der Waals surface area (Å²) in [6, 6.07) is 0.744. The van der Waals surface area contributed by atoms with Crippen molar-refractivity contribution < 1.29 is 4.79 Å². The maximum absolute atomic E-state index is 12.0. The van der Waals surface area contributed by atoms with Crippen molar-refractivity contribution in [1.29, 1.82) is 0 Å². The molecule has 0 radical (unpaired) electrons. The Morgan fingerprint density at radius 2 is 2.12 bits per heavy atom. The highest BCUT2D eigenvalue weighted by atomic mass is 16.1. The molecule has 0 aromatic carbocycles. The first-order valence-electron chi connectivity index (χ1n) is 6.66. The Bertz CT molecular complexity index is 270. The molecule has 2 rings (SSSR count). The Morgan fingerprint density at radius 3 is 2.81 bits per heavy atom. The highest BCUT2D eigenvalue weighted by molar-refractivity contribution is 5.86. The minimum Gasteiger partial charge on any atom is -0.304 e. The average Bonchev–Trinajstić information content (AvgIpc) is 2.72. The van der Waals surface area contributed by atoms with E-state index in [2.05, 4.69) is 18.8 Å². The molecule has 1 aliphatic heterocycles. The van der Waals surface area contributed by atoms with Crippen LogP contribution in [0.5, 0.6) is 0 Å². The van der Waals surface area contributed by atoms with Crippen molar-refractivity contribution in [1.82, 2.24) is 5.32 Å². The molecule has 1 N–H and O–H groups in total. The summed E-state index contributed by atoms with van der Waals surface area (Å²) in [5, 5.41) is 3.53. The van der Waals surface area contributed by atoms with Gasteiger partial charge >= 0.3 is 0 Å². The summed E-state index contributed by atoms with van der Waals surface area (Å²) in [7, 11) is 0. The fourth-order valence-electron chi connectivity index (χ4n) is 3.06. The van der Waals surface area contributed by atoms with Crippen LogP contribution in [0.2, 0.25) is 0 Å². The predicted octanol–water partition coefficient (Wildman–Crippen LogP) is 2.83. The molecule has 1 saturated heterocycles. The molecular formula is C14H23NO. The highest BCUT2D eigenvalue weighted by Gasteiger charge is 2.37. The van der Waals surface area contributed by atoms with E-state index in [1.807, 2.05) is 0 Å². The summed E-state index contributed by atoms with van der Waals surface area (Å²) in [4.78, 5) is 12.0. The number of hydrogen-bond acceptors (Lipinski definition) is 2. The van der Waals surface area contributed by atoms with E-state index in [1.54, 1.807) is 0 Å². The van der Waals surface area contributed by atoms with Gasteiger partial charge in [-0.05, 0) is 31.6 Å². The van der Waals surface area contributed by atoms with Crippen molar-refractivity contribution in [3.63, 3.8) is 0 Å². The first-order valence-corrected chi connectivity index (χ1v) is 6.66. The van der Waals surface area contributed by atoms with Crippen molar-refractivity contribution in [2.45, 2.75) is 64.0 Å². The van der Waals surface area contributed by atoms with Crippen LogP contribution in [0, 0.1) is 5.92 Å². The summed E-state index contributed by atoms with van der Waals surface area (Å²) in [6.45, 7) is 5.99. The summed E-state index contributed by atoms with van der Waals surface area (Å²) in [6.07, 6.45) is 7.83. The van der Waals surface area contributed by atoms with E-state index in [-0.39, 0.29) is 6.04 Å². The van der Waals surface area contributed by atoms with Crippen LogP contribution < -0.4 is 5.32 Å². The summed E-state index contributed by atoms with van der Waals surface area (Å²) in [5.74, 6) is 1.12. The third-order valence-corrected chi connectivity index (χ3v) is 4.18. The zero-order valence-corrected chi connectivity index (χ0v) is 10.3. The van der Waals surface area contributed by atoms with Crippen molar-refractivity contribution >= 4 is 5.78 Å². The van der Waals surface area contributed by atoms with Gasteiger partial charge in [0.15, 0.2) is 5.78 Å². The van der Waals surface area contributed by atoms with Gasteiger partial charge in [0.25, 0.3) is 0 Å². The number of hydrogen-bond donors (Lipinski definition) is 1. The number of allylic oxidation sites excluding steroid dienone is 1. The van der Waals surface area contributed by atoms with Gasteiger partial charge in [0.1, 0.15) is 0 Å². The van der Waals surface area contributed by atoms with E-state index in [0.29, 0.717) is 18.2 Å². The molecule has 2 aliphatic rings. The van der Waals surface area contributed by atoms with Gasteiger partial charge in [-0.15, -0.1) is 0 Å². The molecule has 2 nitrogen and oxygen atoms in total. The number of nitrogens with one attached hydrogen (secondary N) is 1. The highest BCUT2D eigenvalue weighted by Crippen LogP contribution is 2.33. The quantitative estimate of drug-likeness (QED) is 0.740. The SMILES string of the molecule is C=C(CC)CC(=O)C1CC2CCCCC2N1. The third-order valence-electron chi connectivity index (χ3n) is 4.18. The molecular weight excluding hydrogens is 198 g/mol. The van der Waals surface area contributed by atoms with Crippen LogP contribution in [0.25, 0.3) is 0 Å². The van der Waals surface area contributed by atoms with E-state index in [1.165, 1.54) is 25.7 Å². The molecule has 0 aromatic rings. The maximum atomic E-state index is 12.0. The normalized spacial score (nSPS) is 33.4. The van der Waals surface area contributed by atoms with Crippen molar-refractivity contribution in [3.05, 3.63) is 12.2 Å². The van der Waals surface area contributed by atoms with Crippen molar-refractivity contribution in [2.24, 2.45) is 5.92 Å². The number of fused-ring (bicyclic) bond motifs is 1. The van der Waals surface area contributed by atoms with Gasteiger partial charge in [0, 0.05) is 12.5 Å². The predicted molar refractivity (Wildman–Crippen MR) is 66.3 cm³/mol. The Morgan fingerprint density at radius 1 is 1.38 bits per heavy atom. The molecule has 0 spiro atoms. The topological polar surface area (TPSA) is 29.1 Å². The molecule has 2 fully saturated rings. The lowest BCUT2D eigenvalue weighted by molar-refractivity contribution is -0.120. The number of rotatable bonds is 4. The van der Waals surface area contributed by atoms with Gasteiger partial charge in [-0.1, -0.05) is 31.9 Å². The van der Waals surface area contributed by atoms with Gasteiger partial charge in [-0.3, -0.25) is 4.79 Å².